The third kappa shape index (κ3) is 1.44. The molecule has 1 aromatic heterocycles. The molecule has 5 heteroatoms. The summed E-state index contributed by atoms with van der Waals surface area (Å²) in [5.74, 6) is 0.740. The van der Waals surface area contributed by atoms with Gasteiger partial charge in [-0.25, -0.2) is 9.67 Å². The van der Waals surface area contributed by atoms with Gasteiger partial charge in [0.2, 0.25) is 0 Å². The van der Waals surface area contributed by atoms with Crippen LogP contribution in [0.5, 0.6) is 5.75 Å². The highest BCUT2D eigenvalue weighted by Gasteiger charge is 2.06. The Kier molecular flexibility index (Phi) is 2.13. The average molecular weight is 210 g/mol. The molecule has 1 N–H and O–H groups in total. The predicted molar refractivity (Wildman–Crippen MR) is 53.1 cm³/mol. The molecule has 0 saturated heterocycles. The lowest BCUT2D eigenvalue weighted by molar-refractivity contribution is 0.476. The number of halogens is 1. The van der Waals surface area contributed by atoms with Gasteiger partial charge in [-0.2, -0.15) is 5.10 Å². The molecule has 1 aromatic carbocycles. The number of hydrogen-bond acceptors (Lipinski definition) is 3. The lowest BCUT2D eigenvalue weighted by atomic mass is 10.2. The van der Waals surface area contributed by atoms with E-state index in [1.807, 2.05) is 0 Å². The Morgan fingerprint density at radius 3 is 2.79 bits per heavy atom. The van der Waals surface area contributed by atoms with Gasteiger partial charge in [-0.1, -0.05) is 11.6 Å². The molecule has 2 aromatic rings. The summed E-state index contributed by atoms with van der Waals surface area (Å²) in [7, 11) is 1.79. The first kappa shape index (κ1) is 9.02. The molecule has 72 valence electrons. The molecular weight excluding hydrogens is 202 g/mol. The molecule has 0 radical (unpaired) electrons. The van der Waals surface area contributed by atoms with Crippen LogP contribution in [-0.4, -0.2) is 19.9 Å². The van der Waals surface area contributed by atoms with Crippen LogP contribution in [0.25, 0.3) is 11.4 Å². The van der Waals surface area contributed by atoms with Crippen LogP contribution < -0.4 is 0 Å². The van der Waals surface area contributed by atoms with Crippen molar-refractivity contribution < 1.29 is 5.11 Å². The zero-order valence-electron chi connectivity index (χ0n) is 7.48. The number of benzene rings is 1. The van der Waals surface area contributed by atoms with Crippen LogP contribution in [0, 0.1) is 0 Å². The number of nitrogens with zero attached hydrogens (tertiary/aromatic N) is 3. The minimum absolute atomic E-state index is 0.0483. The van der Waals surface area contributed by atoms with Crippen LogP contribution in [0.4, 0.5) is 0 Å². The SMILES string of the molecule is Cn1ncnc1-c1ccc(Cl)c(O)c1. The molecule has 0 bridgehead atoms. The summed E-state index contributed by atoms with van der Waals surface area (Å²) in [5, 5.41) is 13.7. The fraction of sp³-hybridized carbons (Fsp3) is 0.111. The fourth-order valence-electron chi connectivity index (χ4n) is 1.21. The quantitative estimate of drug-likeness (QED) is 0.780. The van der Waals surface area contributed by atoms with Gasteiger partial charge in [0.05, 0.1) is 5.02 Å². The number of aryl methyl sites for hydroxylation is 1. The standard InChI is InChI=1S/C9H8ClN3O/c1-13-9(11-5-12-13)6-2-3-7(10)8(14)4-6/h2-5,14H,1H3. The van der Waals surface area contributed by atoms with Crippen molar-refractivity contribution in [3.63, 3.8) is 0 Å². The van der Waals surface area contributed by atoms with Gasteiger partial charge in [0, 0.05) is 12.6 Å². The predicted octanol–water partition coefficient (Wildman–Crippen LogP) is 1.84. The Labute approximate surface area is 85.8 Å². The number of phenolic OH excluding ortho intramolecular Hbond substituents is 1. The molecule has 2 rings (SSSR count). The van der Waals surface area contributed by atoms with Gasteiger partial charge in [0.1, 0.15) is 12.1 Å². The van der Waals surface area contributed by atoms with E-state index in [1.54, 1.807) is 29.9 Å². The van der Waals surface area contributed by atoms with E-state index >= 15 is 0 Å². The molecule has 4 nitrogen and oxygen atoms in total. The zero-order chi connectivity index (χ0) is 10.1. The Morgan fingerprint density at radius 2 is 2.21 bits per heavy atom. The van der Waals surface area contributed by atoms with Gasteiger partial charge in [0.15, 0.2) is 5.82 Å². The molecule has 0 aliphatic heterocycles. The molecule has 0 aliphatic carbocycles. The van der Waals surface area contributed by atoms with Crippen LogP contribution in [0.15, 0.2) is 24.5 Å². The minimum Gasteiger partial charge on any atom is -0.506 e. The van der Waals surface area contributed by atoms with Crippen LogP contribution in [0.2, 0.25) is 5.02 Å². The molecule has 0 amide bonds. The van der Waals surface area contributed by atoms with E-state index in [9.17, 15) is 5.11 Å². The highest BCUT2D eigenvalue weighted by Crippen LogP contribution is 2.27. The second-order valence-electron chi connectivity index (χ2n) is 2.87. The van der Waals surface area contributed by atoms with E-state index in [2.05, 4.69) is 10.1 Å². The van der Waals surface area contributed by atoms with Crippen molar-refractivity contribution in [2.75, 3.05) is 0 Å². The van der Waals surface area contributed by atoms with Crippen molar-refractivity contribution >= 4 is 11.6 Å². The van der Waals surface area contributed by atoms with Crippen molar-refractivity contribution in [2.45, 2.75) is 0 Å². The summed E-state index contributed by atoms with van der Waals surface area (Å²) in [6.45, 7) is 0. The van der Waals surface area contributed by atoms with Crippen molar-refractivity contribution in [1.29, 1.82) is 0 Å². The zero-order valence-corrected chi connectivity index (χ0v) is 8.23. The first-order chi connectivity index (χ1) is 6.68. The maximum atomic E-state index is 9.40. The number of phenols is 1. The Balaban J connectivity index is 2.53. The molecule has 0 unspecified atom stereocenters. The van der Waals surface area contributed by atoms with Gasteiger partial charge >= 0.3 is 0 Å². The molecule has 0 fully saturated rings. The summed E-state index contributed by atoms with van der Waals surface area (Å²) in [4.78, 5) is 4.05. The molecule has 0 aliphatic rings. The summed E-state index contributed by atoms with van der Waals surface area (Å²) >= 11 is 5.69. The van der Waals surface area contributed by atoms with E-state index in [1.165, 1.54) is 6.33 Å². The Bertz CT molecular complexity index is 467. The normalized spacial score (nSPS) is 10.4. The van der Waals surface area contributed by atoms with Gasteiger partial charge < -0.3 is 5.11 Å². The highest BCUT2D eigenvalue weighted by atomic mass is 35.5. The van der Waals surface area contributed by atoms with E-state index in [0.29, 0.717) is 10.8 Å². The summed E-state index contributed by atoms with van der Waals surface area (Å²) < 4.78 is 1.63. The monoisotopic (exact) mass is 209 g/mol. The lowest BCUT2D eigenvalue weighted by Crippen LogP contribution is -1.94. The topological polar surface area (TPSA) is 50.9 Å². The van der Waals surface area contributed by atoms with Crippen LogP contribution in [-0.2, 0) is 7.05 Å². The number of aromatic nitrogens is 3. The van der Waals surface area contributed by atoms with Crippen molar-refractivity contribution in [2.24, 2.45) is 7.05 Å². The summed E-state index contributed by atoms with van der Waals surface area (Å²) in [6.07, 6.45) is 1.46. The summed E-state index contributed by atoms with van der Waals surface area (Å²) in [6, 6.07) is 4.97. The third-order valence-electron chi connectivity index (χ3n) is 1.92. The van der Waals surface area contributed by atoms with Gasteiger partial charge in [-0.15, -0.1) is 0 Å². The smallest absolute Gasteiger partial charge is 0.157 e. The largest absolute Gasteiger partial charge is 0.506 e. The second kappa shape index (κ2) is 3.31. The van der Waals surface area contributed by atoms with Crippen molar-refractivity contribution in [1.82, 2.24) is 14.8 Å². The van der Waals surface area contributed by atoms with E-state index in [4.69, 9.17) is 11.6 Å². The molecule has 14 heavy (non-hydrogen) atoms. The number of hydrogen-bond donors (Lipinski definition) is 1. The highest BCUT2D eigenvalue weighted by molar-refractivity contribution is 6.32. The molecular formula is C9H8ClN3O. The van der Waals surface area contributed by atoms with Crippen LogP contribution in [0.3, 0.4) is 0 Å². The maximum Gasteiger partial charge on any atom is 0.157 e. The van der Waals surface area contributed by atoms with Crippen LogP contribution >= 0.6 is 11.6 Å². The fourth-order valence-corrected chi connectivity index (χ4v) is 1.33. The molecule has 0 saturated carbocycles. The number of aromatic hydroxyl groups is 1. The first-order valence-electron chi connectivity index (χ1n) is 4.01. The third-order valence-corrected chi connectivity index (χ3v) is 2.24. The average Bonchev–Trinajstić information content (AvgIpc) is 2.57. The Hall–Kier alpha value is -1.55. The first-order valence-corrected chi connectivity index (χ1v) is 4.39. The second-order valence-corrected chi connectivity index (χ2v) is 3.28. The van der Waals surface area contributed by atoms with E-state index in [0.717, 1.165) is 5.56 Å². The minimum atomic E-state index is 0.0483. The maximum absolute atomic E-state index is 9.40. The molecule has 0 atom stereocenters. The Morgan fingerprint density at radius 1 is 1.43 bits per heavy atom. The van der Waals surface area contributed by atoms with Crippen LogP contribution in [0.1, 0.15) is 0 Å². The molecule has 0 spiro atoms. The number of rotatable bonds is 1. The van der Waals surface area contributed by atoms with Crippen molar-refractivity contribution in [3.05, 3.63) is 29.5 Å². The van der Waals surface area contributed by atoms with Crippen molar-refractivity contribution in [3.8, 4) is 17.1 Å². The van der Waals surface area contributed by atoms with Gasteiger partial charge in [-0.3, -0.25) is 0 Å². The van der Waals surface area contributed by atoms with E-state index < -0.39 is 0 Å². The molecule has 1 heterocycles. The van der Waals surface area contributed by atoms with Gasteiger partial charge in [-0.05, 0) is 18.2 Å². The van der Waals surface area contributed by atoms with E-state index in [-0.39, 0.29) is 5.75 Å². The lowest BCUT2D eigenvalue weighted by Gasteiger charge is -2.01. The summed E-state index contributed by atoms with van der Waals surface area (Å²) in [5.41, 5.74) is 0.784. The van der Waals surface area contributed by atoms with Gasteiger partial charge in [0.25, 0.3) is 0 Å².